The number of amides is 3. The van der Waals surface area contributed by atoms with Gasteiger partial charge in [0.05, 0.1) is 4.92 Å². The second-order valence-corrected chi connectivity index (χ2v) is 23.9. The van der Waals surface area contributed by atoms with Gasteiger partial charge < -0.3 is 68.8 Å². The minimum absolute atomic E-state index is 0.00851. The number of nitrogens with one attached hydrogen (secondary N) is 2. The SMILES string of the molecule is CN(C)c1ccc(Oc2cc(O)cc(OC(=O)N(CCCCN3CCC(NC(=O)c4cc(-c5c(O)cc(O)cc5Oc5ccc([N+](=O)[O-])cc5)on4)CC3)C(C)(C)C)c2-c2cc(C(=O)NC3CCN(C4CCN(Cc5ccccc5)CC4)CC3)no2)cc1. The van der Waals surface area contributed by atoms with E-state index in [9.17, 15) is 39.8 Å². The Morgan fingerprint density at radius 1 is 0.659 bits per heavy atom. The number of anilines is 1. The van der Waals surface area contributed by atoms with Gasteiger partial charge in [-0.1, -0.05) is 40.6 Å². The number of rotatable bonds is 21. The fraction of sp³-hybridized carbons (Fsp3) is 0.400. The van der Waals surface area contributed by atoms with E-state index in [0.717, 1.165) is 83.1 Å². The van der Waals surface area contributed by atoms with E-state index in [1.54, 1.807) is 17.0 Å². The van der Waals surface area contributed by atoms with Crippen molar-refractivity contribution in [1.82, 2.24) is 40.5 Å². The quantitative estimate of drug-likeness (QED) is 0.0254. The third-order valence-corrected chi connectivity index (χ3v) is 16.4. The molecule has 464 valence electrons. The van der Waals surface area contributed by atoms with Crippen LogP contribution in [0, 0.1) is 10.1 Å². The number of hydrogen-bond acceptors (Lipinski definition) is 19. The van der Waals surface area contributed by atoms with E-state index < -0.39 is 34.1 Å². The van der Waals surface area contributed by atoms with Gasteiger partial charge in [-0.15, -0.1) is 0 Å². The van der Waals surface area contributed by atoms with Crippen molar-refractivity contribution in [3.63, 3.8) is 0 Å². The van der Waals surface area contributed by atoms with Crippen LogP contribution in [0.25, 0.3) is 22.6 Å². The third-order valence-electron chi connectivity index (χ3n) is 16.4. The van der Waals surface area contributed by atoms with Crippen molar-refractivity contribution in [1.29, 1.82) is 0 Å². The number of carbonyl (C=O) groups is 3. The summed E-state index contributed by atoms with van der Waals surface area (Å²) in [7, 11) is 3.86. The van der Waals surface area contributed by atoms with Crippen molar-refractivity contribution >= 4 is 29.3 Å². The second-order valence-electron chi connectivity index (χ2n) is 23.9. The number of nitro groups is 1. The van der Waals surface area contributed by atoms with E-state index in [0.29, 0.717) is 50.7 Å². The summed E-state index contributed by atoms with van der Waals surface area (Å²) in [4.78, 5) is 63.4. The highest BCUT2D eigenvalue weighted by Crippen LogP contribution is 2.46. The second kappa shape index (κ2) is 27.7. The number of non-ortho nitro benzene ring substituents is 1. The summed E-state index contributed by atoms with van der Waals surface area (Å²) >= 11 is 0. The number of unbranched alkanes of at least 4 members (excludes halogenated alkanes) is 1. The number of nitrogens with zero attached hydrogens (tertiary/aromatic N) is 8. The van der Waals surface area contributed by atoms with Crippen LogP contribution in [-0.2, 0) is 6.54 Å². The molecule has 0 bridgehead atoms. The van der Waals surface area contributed by atoms with E-state index in [1.165, 1.54) is 60.2 Å². The molecule has 3 fully saturated rings. The zero-order valence-corrected chi connectivity index (χ0v) is 50.2. The molecule has 5 N–H and O–H groups in total. The van der Waals surface area contributed by atoms with Gasteiger partial charge in [0.25, 0.3) is 17.5 Å². The van der Waals surface area contributed by atoms with Gasteiger partial charge in [0.1, 0.15) is 51.4 Å². The standard InChI is InChI=1S/C65H76N10O13/c1-65(2,3)74(28-10-9-27-71-29-21-43(22-30-71)66-62(79)52-39-58(87-68-52)60-54(78)35-48(76)36-55(60)84-51-19-15-47(16-20-51)75(82)83)64(81)86-57-38-49(77)37-56(85-50-17-13-45(14-18-50)70(4)5)61(57)59-40-53(69-88-59)63(80)67-44-23-33-73(34-24-44)46-25-31-72(32-26-46)41-42-11-7-6-8-12-42/h6-8,11-20,35-40,43-44,46,76-78H,9-10,21-34,41H2,1-5H3,(H,66,79)(H,67,80). The van der Waals surface area contributed by atoms with Crippen molar-refractivity contribution in [3.8, 4) is 68.6 Å². The van der Waals surface area contributed by atoms with E-state index in [2.05, 4.69) is 66.0 Å². The van der Waals surface area contributed by atoms with Crippen LogP contribution in [0.15, 0.2) is 124 Å². The highest BCUT2D eigenvalue weighted by molar-refractivity contribution is 5.94. The molecule has 0 radical (unpaired) electrons. The van der Waals surface area contributed by atoms with Gasteiger partial charge in [0, 0.05) is 131 Å². The molecule has 23 nitrogen and oxygen atoms in total. The zero-order valence-electron chi connectivity index (χ0n) is 50.2. The molecule has 7 aromatic rings. The van der Waals surface area contributed by atoms with Crippen LogP contribution >= 0.6 is 0 Å². The van der Waals surface area contributed by atoms with Gasteiger partial charge in [-0.05, 0) is 134 Å². The molecule has 5 heterocycles. The van der Waals surface area contributed by atoms with Crippen LogP contribution in [-0.4, -0.2) is 158 Å². The summed E-state index contributed by atoms with van der Waals surface area (Å²) in [5.74, 6) is -1.12. The van der Waals surface area contributed by atoms with Crippen molar-refractivity contribution in [3.05, 3.63) is 142 Å². The topological polar surface area (TPSA) is 275 Å². The van der Waals surface area contributed by atoms with Crippen molar-refractivity contribution in [2.75, 3.05) is 71.4 Å². The number of likely N-dealkylation sites (tertiary alicyclic amines) is 3. The number of piperidine rings is 3. The number of phenols is 3. The normalized spacial score (nSPS) is 15.8. The van der Waals surface area contributed by atoms with Crippen LogP contribution < -0.4 is 29.7 Å². The predicted molar refractivity (Wildman–Crippen MR) is 328 cm³/mol. The maximum atomic E-state index is 14.5. The molecule has 3 aliphatic rings. The Kier molecular flexibility index (Phi) is 19.5. The number of hydrogen-bond donors (Lipinski definition) is 5. The van der Waals surface area contributed by atoms with Gasteiger partial charge >= 0.3 is 6.09 Å². The van der Waals surface area contributed by atoms with Crippen LogP contribution in [0.1, 0.15) is 98.7 Å². The highest BCUT2D eigenvalue weighted by Gasteiger charge is 2.34. The van der Waals surface area contributed by atoms with Crippen LogP contribution in [0.3, 0.4) is 0 Å². The third kappa shape index (κ3) is 15.7. The highest BCUT2D eigenvalue weighted by atomic mass is 16.6. The molecular weight excluding hydrogens is 1130 g/mol. The first-order valence-electron chi connectivity index (χ1n) is 29.9. The Labute approximate surface area is 510 Å². The van der Waals surface area contributed by atoms with Crippen molar-refractivity contribution in [2.45, 2.75) is 102 Å². The first kappa shape index (κ1) is 61.9. The molecule has 0 unspecified atom stereocenters. The Morgan fingerprint density at radius 2 is 1.18 bits per heavy atom. The minimum atomic E-state index is -0.688. The fourth-order valence-corrected chi connectivity index (χ4v) is 11.6. The fourth-order valence-electron chi connectivity index (χ4n) is 11.6. The molecule has 0 saturated carbocycles. The molecule has 3 aliphatic heterocycles. The number of ether oxygens (including phenoxy) is 3. The van der Waals surface area contributed by atoms with E-state index in [-0.39, 0.29) is 86.3 Å². The van der Waals surface area contributed by atoms with Gasteiger partial charge in [-0.2, -0.15) is 0 Å². The first-order valence-corrected chi connectivity index (χ1v) is 29.9. The van der Waals surface area contributed by atoms with Crippen LogP contribution in [0.2, 0.25) is 0 Å². The molecule has 2 aromatic heterocycles. The summed E-state index contributed by atoms with van der Waals surface area (Å²) in [6.07, 6.45) is 5.88. The van der Waals surface area contributed by atoms with E-state index in [1.807, 2.05) is 51.9 Å². The number of benzene rings is 5. The summed E-state index contributed by atoms with van der Waals surface area (Å²) in [6, 6.07) is 31.3. The Hall–Kier alpha value is -9.19. The largest absolute Gasteiger partial charge is 0.508 e. The molecule has 3 saturated heterocycles. The Morgan fingerprint density at radius 3 is 1.75 bits per heavy atom. The zero-order chi connectivity index (χ0) is 62.1. The van der Waals surface area contributed by atoms with E-state index in [4.69, 9.17) is 23.3 Å². The lowest BCUT2D eigenvalue weighted by molar-refractivity contribution is -0.384. The number of aromatic hydroxyl groups is 3. The average molecular weight is 1210 g/mol. The number of carbonyl (C=O) groups excluding carboxylic acids is 3. The van der Waals surface area contributed by atoms with Crippen molar-refractivity contribution < 1.29 is 57.9 Å². The van der Waals surface area contributed by atoms with Gasteiger partial charge in [0.2, 0.25) is 0 Å². The molecule has 0 spiro atoms. The lowest BCUT2D eigenvalue weighted by atomic mass is 9.97. The Balaban J connectivity index is 0.732. The minimum Gasteiger partial charge on any atom is -0.508 e. The summed E-state index contributed by atoms with van der Waals surface area (Å²) in [6.45, 7) is 13.1. The molecule has 10 rings (SSSR count). The van der Waals surface area contributed by atoms with E-state index >= 15 is 0 Å². The lowest BCUT2D eigenvalue weighted by Gasteiger charge is -2.42. The number of phenolic OH excluding ortho intramolecular Hbond substituents is 3. The maximum Gasteiger partial charge on any atom is 0.415 e. The molecule has 3 amide bonds. The van der Waals surface area contributed by atoms with Crippen LogP contribution in [0.4, 0.5) is 16.2 Å². The number of nitro benzene ring substituents is 1. The molecule has 88 heavy (non-hydrogen) atoms. The lowest BCUT2D eigenvalue weighted by Crippen LogP contribution is -2.51. The van der Waals surface area contributed by atoms with Gasteiger partial charge in [0.15, 0.2) is 28.7 Å². The number of aromatic nitrogens is 2. The van der Waals surface area contributed by atoms with Gasteiger partial charge in [-0.3, -0.25) is 24.6 Å². The molecular formula is C65H76N10O13. The monoisotopic (exact) mass is 1200 g/mol. The molecule has 0 aliphatic carbocycles. The molecule has 5 aromatic carbocycles. The molecule has 0 atom stereocenters. The molecule has 23 heteroatoms. The summed E-state index contributed by atoms with van der Waals surface area (Å²) in [5, 5.41) is 57.7. The summed E-state index contributed by atoms with van der Waals surface area (Å²) < 4.78 is 29.9. The average Bonchev–Trinajstić information content (AvgIpc) is 2.77. The van der Waals surface area contributed by atoms with Crippen LogP contribution in [0.5, 0.6) is 46.0 Å². The summed E-state index contributed by atoms with van der Waals surface area (Å²) in [5.41, 5.74) is 1.63. The predicted octanol–water partition coefficient (Wildman–Crippen LogP) is 10.8. The smallest absolute Gasteiger partial charge is 0.415 e. The Bertz CT molecular complexity index is 3530. The first-order chi connectivity index (χ1) is 42.3. The maximum absolute atomic E-state index is 14.5. The van der Waals surface area contributed by atoms with Gasteiger partial charge in [-0.25, -0.2) is 4.79 Å². The van der Waals surface area contributed by atoms with Crippen molar-refractivity contribution in [2.24, 2.45) is 0 Å².